The number of nitrogens with zero attached hydrogens (tertiary/aromatic N) is 2. The van der Waals surface area contributed by atoms with E-state index >= 15 is 0 Å². The van der Waals surface area contributed by atoms with Crippen molar-refractivity contribution in [1.82, 2.24) is 14.5 Å². The van der Waals surface area contributed by atoms with E-state index in [9.17, 15) is 8.42 Å². The fourth-order valence-corrected chi connectivity index (χ4v) is 3.50. The van der Waals surface area contributed by atoms with E-state index in [1.807, 2.05) is 32.8 Å². The monoisotopic (exact) mass is 291 g/mol. The van der Waals surface area contributed by atoms with Crippen LogP contribution in [-0.4, -0.2) is 69.2 Å². The van der Waals surface area contributed by atoms with Gasteiger partial charge in [-0.3, -0.25) is 0 Å². The van der Waals surface area contributed by atoms with E-state index in [1.165, 1.54) is 12.8 Å². The summed E-state index contributed by atoms with van der Waals surface area (Å²) >= 11 is 0. The molecule has 0 radical (unpaired) electrons. The largest absolute Gasteiger partial charge is 0.313 e. The van der Waals surface area contributed by atoms with Crippen molar-refractivity contribution < 1.29 is 8.42 Å². The van der Waals surface area contributed by atoms with Crippen LogP contribution in [0.15, 0.2) is 0 Å². The van der Waals surface area contributed by atoms with Gasteiger partial charge in [0.05, 0.1) is 5.25 Å². The summed E-state index contributed by atoms with van der Waals surface area (Å²) in [7, 11) is 0.752. The minimum Gasteiger partial charge on any atom is -0.313 e. The quantitative estimate of drug-likeness (QED) is 0.645. The van der Waals surface area contributed by atoms with E-state index in [0.29, 0.717) is 25.7 Å². The van der Waals surface area contributed by atoms with Gasteiger partial charge in [-0.25, -0.2) is 12.7 Å². The first-order valence-electron chi connectivity index (χ1n) is 7.25. The molecule has 1 aliphatic carbocycles. The average Bonchev–Trinajstić information content (AvgIpc) is 3.14. The van der Waals surface area contributed by atoms with Crippen molar-refractivity contribution in [1.29, 1.82) is 0 Å². The lowest BCUT2D eigenvalue weighted by Gasteiger charge is -2.26. The summed E-state index contributed by atoms with van der Waals surface area (Å²) in [6.45, 7) is 6.35. The molecule has 0 aliphatic heterocycles. The Morgan fingerprint density at radius 3 is 2.32 bits per heavy atom. The van der Waals surface area contributed by atoms with Crippen LogP contribution in [0.25, 0.3) is 0 Å². The number of likely N-dealkylation sites (N-methyl/N-ethyl adjacent to an activating group) is 1. The van der Waals surface area contributed by atoms with Crippen molar-refractivity contribution in [3.63, 3.8) is 0 Å². The van der Waals surface area contributed by atoms with Gasteiger partial charge in [0.15, 0.2) is 0 Å². The zero-order chi connectivity index (χ0) is 14.5. The summed E-state index contributed by atoms with van der Waals surface area (Å²) in [5, 5.41) is 2.96. The first kappa shape index (κ1) is 16.9. The second-order valence-corrected chi connectivity index (χ2v) is 8.09. The summed E-state index contributed by atoms with van der Waals surface area (Å²) in [4.78, 5) is 2.02. The molecule has 0 amide bonds. The predicted molar refractivity (Wildman–Crippen MR) is 79.8 cm³/mol. The van der Waals surface area contributed by atoms with Gasteiger partial charge in [0.2, 0.25) is 10.0 Å². The molecule has 1 unspecified atom stereocenters. The highest BCUT2D eigenvalue weighted by Gasteiger charge is 2.30. The molecule has 1 atom stereocenters. The molecule has 1 aliphatic rings. The Bertz CT molecular complexity index is 353. The van der Waals surface area contributed by atoms with Crippen molar-refractivity contribution in [2.75, 3.05) is 40.3 Å². The molecule has 5 nitrogen and oxygen atoms in total. The Hall–Kier alpha value is -0.170. The second kappa shape index (κ2) is 7.57. The van der Waals surface area contributed by atoms with Crippen molar-refractivity contribution in [2.45, 2.75) is 44.4 Å². The van der Waals surface area contributed by atoms with Crippen LogP contribution in [0.3, 0.4) is 0 Å². The summed E-state index contributed by atoms with van der Waals surface area (Å²) in [6, 6.07) is 0.555. The molecule has 0 aromatic rings. The van der Waals surface area contributed by atoms with Crippen LogP contribution in [0.5, 0.6) is 0 Å². The third-order valence-electron chi connectivity index (χ3n) is 3.41. The van der Waals surface area contributed by atoms with Gasteiger partial charge in [0, 0.05) is 32.2 Å². The van der Waals surface area contributed by atoms with Gasteiger partial charge in [-0.2, -0.15) is 0 Å². The summed E-state index contributed by atoms with van der Waals surface area (Å²) in [5.74, 6) is 0. The molecule has 0 aromatic heterocycles. The molecule has 1 N–H and O–H groups in total. The lowest BCUT2D eigenvalue weighted by atomic mass is 10.4. The molecule has 0 heterocycles. The Morgan fingerprint density at radius 2 is 1.84 bits per heavy atom. The van der Waals surface area contributed by atoms with E-state index in [-0.39, 0.29) is 5.25 Å². The highest BCUT2D eigenvalue weighted by atomic mass is 32.2. The molecule has 1 rings (SSSR count). The normalized spacial score (nSPS) is 18.2. The van der Waals surface area contributed by atoms with Gasteiger partial charge in [-0.05, 0) is 40.3 Å². The molecule has 6 heteroatoms. The molecular weight excluding hydrogens is 262 g/mol. The summed E-state index contributed by atoms with van der Waals surface area (Å²) < 4.78 is 26.7. The fraction of sp³-hybridized carbons (Fsp3) is 1.00. The topological polar surface area (TPSA) is 52.7 Å². The van der Waals surface area contributed by atoms with Crippen LogP contribution in [0.1, 0.15) is 33.1 Å². The molecule has 1 fully saturated rings. The third kappa shape index (κ3) is 5.77. The number of hydrogen-bond donors (Lipinski definition) is 1. The second-order valence-electron chi connectivity index (χ2n) is 5.74. The SMILES string of the molecule is CCCN(CCN(C)C)S(=O)(=O)C(C)CNC1CC1. The summed E-state index contributed by atoms with van der Waals surface area (Å²) in [5.41, 5.74) is 0. The van der Waals surface area contributed by atoms with E-state index in [4.69, 9.17) is 0 Å². The van der Waals surface area contributed by atoms with Crippen LogP contribution >= 0.6 is 0 Å². The van der Waals surface area contributed by atoms with E-state index in [1.54, 1.807) is 4.31 Å². The molecule has 114 valence electrons. The lowest BCUT2D eigenvalue weighted by molar-refractivity contribution is 0.330. The van der Waals surface area contributed by atoms with Crippen molar-refractivity contribution in [2.24, 2.45) is 0 Å². The number of sulfonamides is 1. The van der Waals surface area contributed by atoms with E-state index in [2.05, 4.69) is 5.32 Å². The maximum absolute atomic E-state index is 12.5. The highest BCUT2D eigenvalue weighted by Crippen LogP contribution is 2.19. The minimum atomic E-state index is -3.18. The van der Waals surface area contributed by atoms with Crippen LogP contribution < -0.4 is 5.32 Å². The third-order valence-corrected chi connectivity index (χ3v) is 5.68. The molecule has 0 saturated heterocycles. The van der Waals surface area contributed by atoms with Crippen LogP contribution in [-0.2, 0) is 10.0 Å². The van der Waals surface area contributed by atoms with Gasteiger partial charge in [0.1, 0.15) is 0 Å². The van der Waals surface area contributed by atoms with Crippen molar-refractivity contribution >= 4 is 10.0 Å². The van der Waals surface area contributed by atoms with Gasteiger partial charge >= 0.3 is 0 Å². The fourth-order valence-electron chi connectivity index (χ4n) is 1.91. The van der Waals surface area contributed by atoms with E-state index < -0.39 is 10.0 Å². The lowest BCUT2D eigenvalue weighted by Crippen LogP contribution is -2.45. The molecule has 1 saturated carbocycles. The summed E-state index contributed by atoms with van der Waals surface area (Å²) in [6.07, 6.45) is 3.23. The zero-order valence-electron chi connectivity index (χ0n) is 12.7. The molecule has 0 spiro atoms. The van der Waals surface area contributed by atoms with E-state index in [0.717, 1.165) is 13.0 Å². The van der Waals surface area contributed by atoms with Crippen LogP contribution in [0.2, 0.25) is 0 Å². The van der Waals surface area contributed by atoms with Crippen molar-refractivity contribution in [3.05, 3.63) is 0 Å². The zero-order valence-corrected chi connectivity index (χ0v) is 13.5. The maximum Gasteiger partial charge on any atom is 0.218 e. The first-order chi connectivity index (χ1) is 8.87. The molecule has 0 aromatic carbocycles. The first-order valence-corrected chi connectivity index (χ1v) is 8.75. The number of rotatable bonds is 10. The number of nitrogens with one attached hydrogen (secondary N) is 1. The minimum absolute atomic E-state index is 0.346. The predicted octanol–water partition coefficient (Wildman–Crippen LogP) is 0.730. The molecule has 0 bridgehead atoms. The van der Waals surface area contributed by atoms with Gasteiger partial charge < -0.3 is 10.2 Å². The maximum atomic E-state index is 12.5. The molecule has 19 heavy (non-hydrogen) atoms. The smallest absolute Gasteiger partial charge is 0.218 e. The van der Waals surface area contributed by atoms with Crippen molar-refractivity contribution in [3.8, 4) is 0 Å². The van der Waals surface area contributed by atoms with Gasteiger partial charge in [-0.1, -0.05) is 6.92 Å². The average molecular weight is 291 g/mol. The van der Waals surface area contributed by atoms with Gasteiger partial charge in [-0.15, -0.1) is 0 Å². The van der Waals surface area contributed by atoms with Gasteiger partial charge in [0.25, 0.3) is 0 Å². The van der Waals surface area contributed by atoms with Crippen LogP contribution in [0.4, 0.5) is 0 Å². The Kier molecular flexibility index (Phi) is 6.73. The van der Waals surface area contributed by atoms with Crippen LogP contribution in [0, 0.1) is 0 Å². The highest BCUT2D eigenvalue weighted by molar-refractivity contribution is 7.89. The standard InChI is InChI=1S/C13H29N3O2S/c1-5-8-16(10-9-15(3)4)19(17,18)12(2)11-14-13-6-7-13/h12-14H,5-11H2,1-4H3. The Balaban J connectivity index is 2.55. The number of hydrogen-bond acceptors (Lipinski definition) is 4. The molecular formula is C13H29N3O2S. The Morgan fingerprint density at radius 1 is 1.21 bits per heavy atom. The Labute approximate surface area is 118 Å².